The lowest BCUT2D eigenvalue weighted by atomic mass is 10.2. The first-order valence-electron chi connectivity index (χ1n) is 3.38. The van der Waals surface area contributed by atoms with E-state index < -0.39 is 26.7 Å². The van der Waals surface area contributed by atoms with E-state index in [2.05, 4.69) is 0 Å². The zero-order valence-corrected chi connectivity index (χ0v) is 7.48. The van der Waals surface area contributed by atoms with E-state index in [4.69, 9.17) is 5.14 Å². The molecule has 0 bridgehead atoms. The summed E-state index contributed by atoms with van der Waals surface area (Å²) < 4.78 is 57.2. The van der Waals surface area contributed by atoms with Crippen LogP contribution >= 0.6 is 0 Å². The van der Waals surface area contributed by atoms with Crippen molar-refractivity contribution in [3.05, 3.63) is 35.0 Å². The van der Waals surface area contributed by atoms with Gasteiger partial charge < -0.3 is 5.14 Å². The molecule has 0 saturated heterocycles. The van der Waals surface area contributed by atoms with Crippen molar-refractivity contribution in [2.45, 2.75) is 11.1 Å². The molecule has 7 heteroatoms. The van der Waals surface area contributed by atoms with Gasteiger partial charge in [-0.25, -0.2) is 8.42 Å². The van der Waals surface area contributed by atoms with Gasteiger partial charge in [-0.3, -0.25) is 0 Å². The lowest BCUT2D eigenvalue weighted by Crippen LogP contribution is -2.05. The lowest BCUT2D eigenvalue weighted by Gasteiger charge is -2.08. The van der Waals surface area contributed by atoms with E-state index in [9.17, 15) is 21.6 Å². The van der Waals surface area contributed by atoms with Crippen LogP contribution in [-0.2, 0) is 16.2 Å². The maximum atomic E-state index is 12.0. The van der Waals surface area contributed by atoms with Crippen molar-refractivity contribution in [1.82, 2.24) is 0 Å². The van der Waals surface area contributed by atoms with E-state index in [1.807, 2.05) is 0 Å². The minimum Gasteiger partial charge on any atom is -0.560 e. The third-order valence-electron chi connectivity index (χ3n) is 1.49. The van der Waals surface area contributed by atoms with Crippen molar-refractivity contribution in [3.63, 3.8) is 0 Å². The van der Waals surface area contributed by atoms with Gasteiger partial charge in [0.15, 0.2) is 0 Å². The van der Waals surface area contributed by atoms with Gasteiger partial charge in [-0.2, -0.15) is 13.2 Å². The molecule has 14 heavy (non-hydrogen) atoms. The molecule has 0 unspecified atom stereocenters. The van der Waals surface area contributed by atoms with Crippen LogP contribution in [-0.4, -0.2) is 8.42 Å². The highest BCUT2D eigenvalue weighted by Gasteiger charge is 2.30. The monoisotopic (exact) mass is 224 g/mol. The number of nitrogens with one attached hydrogen (secondary N) is 1. The summed E-state index contributed by atoms with van der Waals surface area (Å²) in [6.45, 7) is 0. The number of benzene rings is 1. The van der Waals surface area contributed by atoms with Crippen molar-refractivity contribution < 1.29 is 21.6 Å². The lowest BCUT2D eigenvalue weighted by molar-refractivity contribution is -0.137. The van der Waals surface area contributed by atoms with Gasteiger partial charge >= 0.3 is 6.18 Å². The number of hydrogen-bond donors (Lipinski definition) is 0. The zero-order chi connectivity index (χ0) is 11.0. The molecule has 0 saturated carbocycles. The molecule has 0 spiro atoms. The Labute approximate surface area is 78.4 Å². The van der Waals surface area contributed by atoms with Gasteiger partial charge in [-0.1, -0.05) is 0 Å². The zero-order valence-electron chi connectivity index (χ0n) is 6.67. The molecule has 1 aromatic carbocycles. The van der Waals surface area contributed by atoms with Crippen LogP contribution in [0.4, 0.5) is 13.2 Å². The van der Waals surface area contributed by atoms with Crippen molar-refractivity contribution in [2.75, 3.05) is 0 Å². The number of rotatable bonds is 1. The fraction of sp³-hybridized carbons (Fsp3) is 0.143. The fourth-order valence-corrected chi connectivity index (χ4v) is 1.32. The Morgan fingerprint density at radius 3 is 1.79 bits per heavy atom. The minimum absolute atomic E-state index is 0.453. The standard InChI is InChI=1S/C7H5F3NO2S/c8-7(9,10)5-1-3-6(4-2-5)14(11,12)13/h1-4H,(H-,11,12,13)/q-1. The first kappa shape index (κ1) is 11.0. The van der Waals surface area contributed by atoms with Crippen molar-refractivity contribution in [1.29, 1.82) is 0 Å². The summed E-state index contributed by atoms with van der Waals surface area (Å²) in [7, 11) is -4.18. The second-order valence-electron chi connectivity index (χ2n) is 2.53. The van der Waals surface area contributed by atoms with Gasteiger partial charge in [0.25, 0.3) is 0 Å². The molecule has 0 aliphatic carbocycles. The molecule has 0 heterocycles. The average Bonchev–Trinajstić information content (AvgIpc) is 2.01. The molecular formula is C7H5F3NO2S-. The molecule has 78 valence electrons. The van der Waals surface area contributed by atoms with E-state index in [1.165, 1.54) is 0 Å². The number of alkyl halides is 3. The Balaban J connectivity index is 3.14. The molecule has 1 rings (SSSR count). The first-order valence-corrected chi connectivity index (χ1v) is 4.86. The highest BCUT2D eigenvalue weighted by Crippen LogP contribution is 2.29. The second kappa shape index (κ2) is 3.25. The van der Waals surface area contributed by atoms with Crippen LogP contribution in [0.25, 0.3) is 5.14 Å². The smallest absolute Gasteiger partial charge is 0.416 e. The summed E-state index contributed by atoms with van der Waals surface area (Å²) in [4.78, 5) is -0.453. The highest BCUT2D eigenvalue weighted by atomic mass is 32.2. The van der Waals surface area contributed by atoms with Gasteiger partial charge in [-0.05, 0) is 24.3 Å². The minimum atomic E-state index is -4.50. The van der Waals surface area contributed by atoms with E-state index in [1.54, 1.807) is 0 Å². The summed E-state index contributed by atoms with van der Waals surface area (Å²) in [5.41, 5.74) is -0.940. The third kappa shape index (κ3) is 2.46. The van der Waals surface area contributed by atoms with Gasteiger partial charge in [0.2, 0.25) is 0 Å². The average molecular weight is 224 g/mol. The van der Waals surface area contributed by atoms with E-state index >= 15 is 0 Å². The summed E-state index contributed by atoms with van der Waals surface area (Å²) in [5.74, 6) is 0. The molecule has 0 atom stereocenters. The van der Waals surface area contributed by atoms with Crippen molar-refractivity contribution >= 4 is 10.0 Å². The van der Waals surface area contributed by atoms with Crippen LogP contribution in [0.3, 0.4) is 0 Å². The number of hydrogen-bond acceptors (Lipinski definition) is 2. The maximum Gasteiger partial charge on any atom is 0.416 e. The van der Waals surface area contributed by atoms with Crippen LogP contribution < -0.4 is 0 Å². The topological polar surface area (TPSA) is 57.9 Å². The predicted molar refractivity (Wildman–Crippen MR) is 43.0 cm³/mol. The maximum absolute atomic E-state index is 12.0. The largest absolute Gasteiger partial charge is 0.560 e. The van der Waals surface area contributed by atoms with Gasteiger partial charge in [0.05, 0.1) is 15.6 Å². The SMILES string of the molecule is [NH-]S(=O)(=O)c1ccc(C(F)(F)F)cc1. The molecule has 0 aliphatic rings. The van der Waals surface area contributed by atoms with Crippen molar-refractivity contribution in [3.8, 4) is 0 Å². The molecule has 3 nitrogen and oxygen atoms in total. The third-order valence-corrected chi connectivity index (χ3v) is 2.38. The van der Waals surface area contributed by atoms with Gasteiger partial charge in [0, 0.05) is 4.90 Å². The van der Waals surface area contributed by atoms with Crippen LogP contribution in [0.5, 0.6) is 0 Å². The highest BCUT2D eigenvalue weighted by molar-refractivity contribution is 7.93. The molecular weight excluding hydrogens is 219 g/mol. The van der Waals surface area contributed by atoms with E-state index in [0.717, 1.165) is 12.1 Å². The molecule has 0 aromatic heterocycles. The fourth-order valence-electron chi connectivity index (χ4n) is 0.823. The van der Waals surface area contributed by atoms with Crippen LogP contribution in [0.2, 0.25) is 0 Å². The molecule has 0 fully saturated rings. The molecule has 1 aromatic rings. The van der Waals surface area contributed by atoms with Crippen LogP contribution in [0.15, 0.2) is 29.2 Å². The normalized spacial score (nSPS) is 12.9. The Bertz CT molecular complexity index is 421. The van der Waals surface area contributed by atoms with Crippen molar-refractivity contribution in [2.24, 2.45) is 0 Å². The van der Waals surface area contributed by atoms with Crippen LogP contribution in [0.1, 0.15) is 5.56 Å². The summed E-state index contributed by atoms with van der Waals surface area (Å²) in [6, 6.07) is 2.76. The Hall–Kier alpha value is -1.08. The van der Waals surface area contributed by atoms with Gasteiger partial charge in [-0.15, -0.1) is 0 Å². The molecule has 0 amide bonds. The first-order chi connectivity index (χ1) is 6.21. The number of halogens is 3. The van der Waals surface area contributed by atoms with E-state index in [-0.39, 0.29) is 0 Å². The molecule has 0 radical (unpaired) electrons. The number of sulfonamides is 1. The quantitative estimate of drug-likeness (QED) is 0.735. The molecule has 1 N–H and O–H groups in total. The summed E-state index contributed by atoms with van der Waals surface area (Å²) >= 11 is 0. The summed E-state index contributed by atoms with van der Waals surface area (Å²) in [5, 5.41) is 6.59. The predicted octanol–water partition coefficient (Wildman–Crippen LogP) is 2.45. The van der Waals surface area contributed by atoms with Gasteiger partial charge in [0.1, 0.15) is 0 Å². The molecule has 0 aliphatic heterocycles. The van der Waals surface area contributed by atoms with E-state index in [0.29, 0.717) is 12.1 Å². The Morgan fingerprint density at radius 1 is 1.07 bits per heavy atom. The summed E-state index contributed by atoms with van der Waals surface area (Å²) in [6.07, 6.45) is -4.50. The Kier molecular flexibility index (Phi) is 2.55. The Morgan fingerprint density at radius 2 is 1.50 bits per heavy atom. The second-order valence-corrected chi connectivity index (χ2v) is 4.00. The van der Waals surface area contributed by atoms with Crippen LogP contribution in [0, 0.1) is 0 Å².